The van der Waals surface area contributed by atoms with Crippen molar-refractivity contribution in [3.8, 4) is 0 Å². The van der Waals surface area contributed by atoms with Crippen molar-refractivity contribution in [2.75, 3.05) is 24.7 Å². The Bertz CT molecular complexity index is 976. The molecule has 9 heteroatoms. The fourth-order valence-electron chi connectivity index (χ4n) is 2.58. The molecule has 0 aromatic heterocycles. The standard InChI is InChI=1S/C17H17N3O5S/c1-11-5-6-12(17(22)25-2)10-14(11)18-16(21)13-4-3-7-20-8-9-26(23,24)19-15(13)20/h3-7,10H,8-9H2,1-2H3,(H,18,21). The highest BCUT2D eigenvalue weighted by molar-refractivity contribution is 7.90. The number of fused-ring (bicyclic) bond motifs is 1. The molecule has 2 aliphatic heterocycles. The van der Waals surface area contributed by atoms with Gasteiger partial charge in [-0.2, -0.15) is 0 Å². The van der Waals surface area contributed by atoms with E-state index in [1.807, 2.05) is 0 Å². The highest BCUT2D eigenvalue weighted by Crippen LogP contribution is 2.22. The first-order chi connectivity index (χ1) is 12.3. The first-order valence-corrected chi connectivity index (χ1v) is 9.40. The second kappa shape index (κ2) is 6.75. The Balaban J connectivity index is 1.91. The molecule has 136 valence electrons. The number of nitrogens with one attached hydrogen (secondary N) is 1. The third-order valence-corrected chi connectivity index (χ3v) is 5.16. The van der Waals surface area contributed by atoms with Gasteiger partial charge in [0.2, 0.25) is 0 Å². The van der Waals surface area contributed by atoms with Gasteiger partial charge in [0.05, 0.1) is 24.0 Å². The van der Waals surface area contributed by atoms with Crippen LogP contribution in [0.3, 0.4) is 0 Å². The first-order valence-electron chi connectivity index (χ1n) is 7.79. The average molecular weight is 375 g/mol. The van der Waals surface area contributed by atoms with E-state index < -0.39 is 21.9 Å². The minimum absolute atomic E-state index is 0.0954. The zero-order valence-electron chi connectivity index (χ0n) is 14.2. The number of carbonyl (C=O) groups excluding carboxylic acids is 2. The van der Waals surface area contributed by atoms with E-state index in [9.17, 15) is 18.0 Å². The van der Waals surface area contributed by atoms with Crippen molar-refractivity contribution < 1.29 is 22.7 Å². The van der Waals surface area contributed by atoms with E-state index in [1.165, 1.54) is 19.3 Å². The zero-order chi connectivity index (χ0) is 18.9. The van der Waals surface area contributed by atoms with Gasteiger partial charge >= 0.3 is 5.97 Å². The van der Waals surface area contributed by atoms with E-state index in [0.717, 1.165) is 5.56 Å². The molecule has 0 saturated heterocycles. The average Bonchev–Trinajstić information content (AvgIpc) is 2.61. The Morgan fingerprint density at radius 3 is 2.81 bits per heavy atom. The Hall–Kier alpha value is -2.94. The number of aryl methyl sites for hydroxylation is 1. The van der Waals surface area contributed by atoms with Crippen LogP contribution in [0.5, 0.6) is 0 Å². The van der Waals surface area contributed by atoms with Crippen LogP contribution in [0.1, 0.15) is 15.9 Å². The van der Waals surface area contributed by atoms with Gasteiger partial charge < -0.3 is 15.0 Å². The second-order valence-corrected chi connectivity index (χ2v) is 7.55. The summed E-state index contributed by atoms with van der Waals surface area (Å²) in [6, 6.07) is 4.79. The smallest absolute Gasteiger partial charge is 0.337 e. The van der Waals surface area contributed by atoms with Crippen molar-refractivity contribution in [1.82, 2.24) is 4.90 Å². The van der Waals surface area contributed by atoms with Gasteiger partial charge in [-0.3, -0.25) is 4.79 Å². The molecular weight excluding hydrogens is 358 g/mol. The number of amides is 1. The van der Waals surface area contributed by atoms with Crippen LogP contribution in [0.15, 0.2) is 46.5 Å². The van der Waals surface area contributed by atoms with Crippen LogP contribution in [0.2, 0.25) is 0 Å². The maximum Gasteiger partial charge on any atom is 0.337 e. The molecular formula is C17H17N3O5S. The van der Waals surface area contributed by atoms with Crippen molar-refractivity contribution in [3.05, 3.63) is 53.3 Å². The lowest BCUT2D eigenvalue weighted by atomic mass is 10.1. The van der Waals surface area contributed by atoms with Gasteiger partial charge in [0.15, 0.2) is 5.84 Å². The summed E-state index contributed by atoms with van der Waals surface area (Å²) in [6.07, 6.45) is 4.84. The predicted molar refractivity (Wildman–Crippen MR) is 96.3 cm³/mol. The van der Waals surface area contributed by atoms with E-state index in [4.69, 9.17) is 0 Å². The summed E-state index contributed by atoms with van der Waals surface area (Å²) in [5, 5.41) is 2.71. The molecule has 1 amide bonds. The number of amidine groups is 1. The Morgan fingerprint density at radius 2 is 2.08 bits per heavy atom. The summed E-state index contributed by atoms with van der Waals surface area (Å²) in [5.41, 5.74) is 1.61. The van der Waals surface area contributed by atoms with E-state index in [0.29, 0.717) is 11.3 Å². The number of sulfonamides is 1. The number of nitrogens with zero attached hydrogens (tertiary/aromatic N) is 2. The van der Waals surface area contributed by atoms with Crippen LogP contribution in [0.25, 0.3) is 0 Å². The maximum absolute atomic E-state index is 12.7. The molecule has 0 atom stereocenters. The number of carbonyl (C=O) groups is 2. The summed E-state index contributed by atoms with van der Waals surface area (Å²) in [7, 11) is -2.32. The Labute approximate surface area is 150 Å². The molecule has 2 aliphatic rings. The predicted octanol–water partition coefficient (Wildman–Crippen LogP) is 1.22. The molecule has 0 fully saturated rings. The fraction of sp³-hybridized carbons (Fsp3) is 0.235. The normalized spacial score (nSPS) is 17.7. The fourth-order valence-corrected chi connectivity index (χ4v) is 3.57. The Morgan fingerprint density at radius 1 is 1.31 bits per heavy atom. The number of esters is 1. The second-order valence-electron chi connectivity index (χ2n) is 5.79. The summed E-state index contributed by atoms with van der Waals surface area (Å²) in [4.78, 5) is 26.0. The lowest BCUT2D eigenvalue weighted by molar-refractivity contribution is -0.112. The summed E-state index contributed by atoms with van der Waals surface area (Å²) >= 11 is 0. The number of rotatable bonds is 3. The quantitative estimate of drug-likeness (QED) is 0.797. The first kappa shape index (κ1) is 17.9. The monoisotopic (exact) mass is 375 g/mol. The molecule has 1 aromatic carbocycles. The molecule has 2 heterocycles. The molecule has 0 aliphatic carbocycles. The molecule has 0 spiro atoms. The highest BCUT2D eigenvalue weighted by Gasteiger charge is 2.30. The highest BCUT2D eigenvalue weighted by atomic mass is 32.2. The third kappa shape index (κ3) is 3.52. The summed E-state index contributed by atoms with van der Waals surface area (Å²) < 4.78 is 32.0. The van der Waals surface area contributed by atoms with Crippen LogP contribution >= 0.6 is 0 Å². The number of hydrogen-bond acceptors (Lipinski definition) is 6. The SMILES string of the molecule is COC(=O)c1ccc(C)c(NC(=O)C2=CC=CN3CCS(=O)(=O)N=C23)c1. The lowest BCUT2D eigenvalue weighted by Crippen LogP contribution is -2.40. The molecule has 0 radical (unpaired) electrons. The van der Waals surface area contributed by atoms with Crippen LogP contribution in [-0.4, -0.2) is 50.4 Å². The van der Waals surface area contributed by atoms with E-state index in [1.54, 1.807) is 36.2 Å². The van der Waals surface area contributed by atoms with Gasteiger partial charge in [-0.25, -0.2) is 13.2 Å². The molecule has 3 rings (SSSR count). The number of benzene rings is 1. The topological polar surface area (TPSA) is 105 Å². The number of methoxy groups -OCH3 is 1. The maximum atomic E-state index is 12.7. The van der Waals surface area contributed by atoms with E-state index in [-0.39, 0.29) is 23.7 Å². The van der Waals surface area contributed by atoms with Crippen LogP contribution in [0.4, 0.5) is 5.69 Å². The van der Waals surface area contributed by atoms with Crippen molar-refractivity contribution >= 4 is 33.4 Å². The molecule has 1 aromatic rings. The molecule has 0 saturated carbocycles. The minimum Gasteiger partial charge on any atom is -0.465 e. The molecule has 0 unspecified atom stereocenters. The number of ether oxygens (including phenoxy) is 1. The van der Waals surface area contributed by atoms with E-state index >= 15 is 0 Å². The van der Waals surface area contributed by atoms with Crippen molar-refractivity contribution in [2.45, 2.75) is 6.92 Å². The van der Waals surface area contributed by atoms with Gasteiger partial charge in [0.1, 0.15) is 0 Å². The molecule has 26 heavy (non-hydrogen) atoms. The third-order valence-electron chi connectivity index (χ3n) is 4.01. The summed E-state index contributed by atoms with van der Waals surface area (Å²) in [5.74, 6) is -1.04. The van der Waals surface area contributed by atoms with Gasteiger partial charge in [-0.05, 0) is 36.8 Å². The van der Waals surface area contributed by atoms with Crippen LogP contribution in [-0.2, 0) is 19.6 Å². The summed E-state index contributed by atoms with van der Waals surface area (Å²) in [6.45, 7) is 2.01. The lowest BCUT2D eigenvalue weighted by Gasteiger charge is -2.28. The van der Waals surface area contributed by atoms with Crippen molar-refractivity contribution in [3.63, 3.8) is 0 Å². The van der Waals surface area contributed by atoms with Gasteiger partial charge in [0, 0.05) is 18.4 Å². The molecule has 0 bridgehead atoms. The largest absolute Gasteiger partial charge is 0.465 e. The number of allylic oxidation sites excluding steroid dienone is 2. The zero-order valence-corrected chi connectivity index (χ0v) is 15.0. The van der Waals surface area contributed by atoms with Gasteiger partial charge in [-0.1, -0.05) is 6.07 Å². The van der Waals surface area contributed by atoms with Crippen LogP contribution < -0.4 is 5.32 Å². The number of hydrogen-bond donors (Lipinski definition) is 1. The Kier molecular flexibility index (Phi) is 4.64. The minimum atomic E-state index is -3.59. The van der Waals surface area contributed by atoms with Gasteiger partial charge in [-0.15, -0.1) is 4.40 Å². The number of anilines is 1. The van der Waals surface area contributed by atoms with Crippen molar-refractivity contribution in [1.29, 1.82) is 0 Å². The van der Waals surface area contributed by atoms with Gasteiger partial charge in [0.25, 0.3) is 15.9 Å². The van der Waals surface area contributed by atoms with Crippen molar-refractivity contribution in [2.24, 2.45) is 4.40 Å². The van der Waals surface area contributed by atoms with Crippen LogP contribution in [0, 0.1) is 6.92 Å². The molecule has 8 nitrogen and oxygen atoms in total. The molecule has 1 N–H and O–H groups in total. The van der Waals surface area contributed by atoms with E-state index in [2.05, 4.69) is 14.5 Å².